The summed E-state index contributed by atoms with van der Waals surface area (Å²) in [5.41, 5.74) is 9.97. The lowest BCUT2D eigenvalue weighted by Crippen LogP contribution is -2.63. The number of carboxylic acid groups (broad SMARTS) is 1. The number of nitrogens with zero attached hydrogens (tertiary/aromatic N) is 1. The first kappa shape index (κ1) is 37.7. The van der Waals surface area contributed by atoms with Crippen LogP contribution in [-0.4, -0.2) is 68.8 Å². The molecular weight excluding hydrogens is 634 g/mol. The van der Waals surface area contributed by atoms with Gasteiger partial charge in [0.15, 0.2) is 11.7 Å². The molecule has 0 heterocycles. The van der Waals surface area contributed by atoms with E-state index in [4.69, 9.17) is 11.5 Å². The molecule has 50 heavy (non-hydrogen) atoms. The van der Waals surface area contributed by atoms with Crippen LogP contribution < -0.4 is 11.5 Å². The third kappa shape index (κ3) is 5.77. The van der Waals surface area contributed by atoms with E-state index >= 15 is 0 Å². The van der Waals surface area contributed by atoms with Crippen molar-refractivity contribution in [2.45, 2.75) is 92.5 Å². The number of carbonyl (C=O) groups excluding carboxylic acids is 2. The van der Waals surface area contributed by atoms with Gasteiger partial charge in [-0.1, -0.05) is 84.0 Å². The molecule has 272 valence electrons. The highest BCUT2D eigenvalue weighted by Gasteiger charge is 2.71. The number of aliphatic imine (C=N–C) groups is 1. The van der Waals surface area contributed by atoms with Gasteiger partial charge in [0.1, 0.15) is 5.78 Å². The Bertz CT molecular complexity index is 1660. The molecule has 0 aromatic heterocycles. The zero-order valence-corrected chi connectivity index (χ0v) is 30.4. The van der Waals surface area contributed by atoms with E-state index < -0.39 is 57.8 Å². The first-order chi connectivity index (χ1) is 23.2. The fraction of sp³-hybridized carbons (Fsp3) is 0.600. The van der Waals surface area contributed by atoms with Crippen molar-refractivity contribution in [1.29, 1.82) is 0 Å². The van der Waals surface area contributed by atoms with Gasteiger partial charge in [-0.25, -0.2) is 4.79 Å². The summed E-state index contributed by atoms with van der Waals surface area (Å²) in [4.78, 5) is 44.2. The molecule has 2 fully saturated rings. The van der Waals surface area contributed by atoms with Crippen LogP contribution in [0.3, 0.4) is 0 Å². The van der Waals surface area contributed by atoms with Gasteiger partial charge in [0.25, 0.3) is 0 Å². The highest BCUT2D eigenvalue weighted by molar-refractivity contribution is 6.01. The Morgan fingerprint density at radius 3 is 2.32 bits per heavy atom. The van der Waals surface area contributed by atoms with E-state index in [2.05, 4.69) is 11.9 Å². The number of benzene rings is 1. The van der Waals surface area contributed by atoms with Gasteiger partial charge in [0.2, 0.25) is 0 Å². The SMILES string of the molecule is CC(=CC(O)C(CN=C(N)N)C(C)C1CC(O)C2(C)C3=C(C(=O)CC12C)C1(C)CCC(=O)C(C)(C)C1C(C=Cc1ccccc1)C3O)C(=O)O. The van der Waals surface area contributed by atoms with E-state index in [1.165, 1.54) is 13.0 Å². The summed E-state index contributed by atoms with van der Waals surface area (Å²) >= 11 is 0. The lowest BCUT2D eigenvalue weighted by atomic mass is 9.40. The first-order valence-electron chi connectivity index (χ1n) is 17.8. The monoisotopic (exact) mass is 689 g/mol. The second-order valence-electron chi connectivity index (χ2n) is 16.6. The molecule has 0 spiro atoms. The molecule has 10 heteroatoms. The maximum absolute atomic E-state index is 14.8. The molecule has 5 rings (SSSR count). The second-order valence-corrected chi connectivity index (χ2v) is 16.6. The van der Waals surface area contributed by atoms with Crippen molar-refractivity contribution in [1.82, 2.24) is 0 Å². The van der Waals surface area contributed by atoms with Crippen LogP contribution in [0.2, 0.25) is 0 Å². The van der Waals surface area contributed by atoms with E-state index in [0.717, 1.165) is 5.56 Å². The Hall–Kier alpha value is -3.60. The molecule has 0 bridgehead atoms. The van der Waals surface area contributed by atoms with Crippen molar-refractivity contribution in [3.8, 4) is 0 Å². The Morgan fingerprint density at radius 2 is 1.72 bits per heavy atom. The van der Waals surface area contributed by atoms with Crippen LogP contribution in [0.15, 0.2) is 64.2 Å². The molecule has 4 aliphatic carbocycles. The third-order valence-electron chi connectivity index (χ3n) is 13.8. The number of fused-ring (bicyclic) bond motifs is 4. The molecular formula is C40H55N3O7. The Labute approximate surface area is 295 Å². The fourth-order valence-corrected chi connectivity index (χ4v) is 10.9. The van der Waals surface area contributed by atoms with Gasteiger partial charge in [-0.05, 0) is 60.1 Å². The molecule has 2 saturated carbocycles. The average Bonchev–Trinajstić information content (AvgIpc) is 3.24. The number of Topliss-reactive ketones (excluding diaryl/α,β-unsaturated/α-hetero) is 2. The van der Waals surface area contributed by atoms with Crippen LogP contribution in [0.25, 0.3) is 6.08 Å². The Kier molecular flexibility index (Phi) is 9.93. The predicted octanol–water partition coefficient (Wildman–Crippen LogP) is 4.28. The van der Waals surface area contributed by atoms with Crippen LogP contribution in [0.5, 0.6) is 0 Å². The number of aliphatic hydroxyl groups excluding tert-OH is 3. The predicted molar refractivity (Wildman–Crippen MR) is 192 cm³/mol. The van der Waals surface area contributed by atoms with E-state index in [0.29, 0.717) is 24.0 Å². The smallest absolute Gasteiger partial charge is 0.331 e. The lowest BCUT2D eigenvalue weighted by Gasteiger charge is -2.63. The quantitative estimate of drug-likeness (QED) is 0.125. The first-order valence-corrected chi connectivity index (χ1v) is 17.8. The number of hydrogen-bond acceptors (Lipinski definition) is 7. The van der Waals surface area contributed by atoms with E-state index in [-0.39, 0.29) is 60.2 Å². The summed E-state index contributed by atoms with van der Waals surface area (Å²) in [6.45, 7) is 13.2. The number of rotatable bonds is 9. The summed E-state index contributed by atoms with van der Waals surface area (Å²) < 4.78 is 0. The molecule has 0 aliphatic heterocycles. The highest BCUT2D eigenvalue weighted by atomic mass is 16.4. The van der Waals surface area contributed by atoms with Crippen molar-refractivity contribution in [3.05, 3.63) is 64.8 Å². The van der Waals surface area contributed by atoms with Crippen molar-refractivity contribution < 1.29 is 34.8 Å². The van der Waals surface area contributed by atoms with Crippen LogP contribution in [-0.2, 0) is 14.4 Å². The minimum Gasteiger partial charge on any atom is -0.478 e. The standard InChI is InChI=1S/C40H55N3O7/c1-21(35(49)50)17-27(44)25(20-43-36(41)42)22(2)26-18-30(47)40(7)32-31(28(45)19-39(26,40)6)38(5)16-15-29(46)37(3,4)34(38)24(33(32)48)14-13-23-11-9-8-10-12-23/h8-14,17,22,24-27,30,33-34,44,47-48H,15-16,18-20H2,1-7H3,(H,49,50)(H4,41,42,43). The largest absolute Gasteiger partial charge is 0.478 e. The number of carbonyl (C=O) groups is 3. The zero-order valence-electron chi connectivity index (χ0n) is 30.4. The number of nitrogens with two attached hydrogens (primary N) is 2. The highest BCUT2D eigenvalue weighted by Crippen LogP contribution is 2.72. The second kappa shape index (κ2) is 13.2. The summed E-state index contributed by atoms with van der Waals surface area (Å²) in [6.07, 6.45) is 3.12. The molecule has 8 N–H and O–H groups in total. The van der Waals surface area contributed by atoms with Gasteiger partial charge in [0.05, 0.1) is 18.3 Å². The van der Waals surface area contributed by atoms with E-state index in [9.17, 15) is 34.8 Å². The van der Waals surface area contributed by atoms with Crippen molar-refractivity contribution >= 4 is 29.6 Å². The van der Waals surface area contributed by atoms with Crippen LogP contribution in [0.4, 0.5) is 0 Å². The van der Waals surface area contributed by atoms with Crippen LogP contribution in [0.1, 0.15) is 79.7 Å². The van der Waals surface area contributed by atoms with Crippen molar-refractivity contribution in [3.63, 3.8) is 0 Å². The number of hydrogen-bond donors (Lipinski definition) is 6. The number of allylic oxidation sites excluding steroid dienone is 1. The van der Waals surface area contributed by atoms with Gasteiger partial charge in [-0.15, -0.1) is 0 Å². The normalized spacial score (nSPS) is 37.1. The van der Waals surface area contributed by atoms with Gasteiger partial charge >= 0.3 is 5.97 Å². The fourth-order valence-electron chi connectivity index (χ4n) is 10.9. The lowest BCUT2D eigenvalue weighted by molar-refractivity contribution is -0.151. The van der Waals surface area contributed by atoms with Crippen molar-refractivity contribution in [2.24, 2.45) is 67.7 Å². The minimum atomic E-state index is -1.22. The summed E-state index contributed by atoms with van der Waals surface area (Å²) in [5.74, 6) is -3.55. The topological polar surface area (TPSA) is 197 Å². The molecule has 0 saturated heterocycles. The minimum absolute atomic E-state index is 0.00713. The van der Waals surface area contributed by atoms with Gasteiger partial charge in [0, 0.05) is 58.6 Å². The van der Waals surface area contributed by atoms with Gasteiger partial charge in [-0.2, -0.15) is 0 Å². The number of aliphatic hydroxyl groups is 3. The molecule has 0 amide bonds. The van der Waals surface area contributed by atoms with Crippen molar-refractivity contribution in [2.75, 3.05) is 6.54 Å². The number of aliphatic carboxylic acids is 1. The molecule has 1 aromatic rings. The third-order valence-corrected chi connectivity index (χ3v) is 13.8. The summed E-state index contributed by atoms with van der Waals surface area (Å²) in [6, 6.07) is 9.76. The Morgan fingerprint density at radius 1 is 1.08 bits per heavy atom. The number of carboxylic acids is 1. The van der Waals surface area contributed by atoms with Gasteiger partial charge in [-0.3, -0.25) is 14.6 Å². The van der Waals surface area contributed by atoms with Crippen LogP contribution in [0, 0.1) is 51.2 Å². The molecule has 4 aliphatic rings. The molecule has 11 unspecified atom stereocenters. The van der Waals surface area contributed by atoms with Gasteiger partial charge < -0.3 is 31.9 Å². The molecule has 1 aromatic carbocycles. The maximum Gasteiger partial charge on any atom is 0.331 e. The Balaban J connectivity index is 1.67. The van der Waals surface area contributed by atoms with Crippen LogP contribution >= 0.6 is 0 Å². The molecule has 10 nitrogen and oxygen atoms in total. The van der Waals surface area contributed by atoms with E-state index in [1.54, 1.807) is 0 Å². The molecule has 0 radical (unpaired) electrons. The van der Waals surface area contributed by atoms with E-state index in [1.807, 2.05) is 77.1 Å². The number of guanidine groups is 1. The summed E-state index contributed by atoms with van der Waals surface area (Å²) in [7, 11) is 0. The number of ketones is 2. The maximum atomic E-state index is 14.8. The summed E-state index contributed by atoms with van der Waals surface area (Å²) in [5, 5.41) is 45.8. The molecule has 11 atom stereocenters. The zero-order chi connectivity index (χ0) is 37.1. The average molecular weight is 690 g/mol.